The number of alkyl halides is 3. The maximum Gasteiger partial charge on any atom is 0.267 e. The van der Waals surface area contributed by atoms with Crippen molar-refractivity contribution < 1.29 is 13.2 Å². The van der Waals surface area contributed by atoms with Crippen LogP contribution in [0.4, 0.5) is 13.2 Å². The molecule has 1 aromatic rings. The van der Waals surface area contributed by atoms with Gasteiger partial charge in [0.25, 0.3) is 6.43 Å². The zero-order valence-corrected chi connectivity index (χ0v) is 8.54. The minimum Gasteiger partial charge on any atom is -0.256 e. The Kier molecular flexibility index (Phi) is 3.55. The van der Waals surface area contributed by atoms with Crippen molar-refractivity contribution in [1.29, 1.82) is 0 Å². The first-order valence-electron chi connectivity index (χ1n) is 3.24. The van der Waals surface area contributed by atoms with Gasteiger partial charge >= 0.3 is 0 Å². The Bertz CT molecular complexity index is 319. The van der Waals surface area contributed by atoms with E-state index in [1.807, 2.05) is 0 Å². The molecule has 0 N–H and O–H groups in total. The number of hydrogen-bond acceptors (Lipinski definition) is 1. The summed E-state index contributed by atoms with van der Waals surface area (Å²) in [4.78, 5) is 3.55. The second-order valence-electron chi connectivity index (χ2n) is 2.21. The Labute approximate surface area is 86.0 Å². The smallest absolute Gasteiger partial charge is 0.256 e. The summed E-state index contributed by atoms with van der Waals surface area (Å²) >= 11 is 8.08. The third-order valence-electron chi connectivity index (χ3n) is 1.43. The lowest BCUT2D eigenvalue weighted by Gasteiger charge is -2.06. The van der Waals surface area contributed by atoms with Crippen molar-refractivity contribution in [3.63, 3.8) is 0 Å². The van der Waals surface area contributed by atoms with Gasteiger partial charge in [-0.3, -0.25) is 4.98 Å². The molecule has 1 heterocycles. The van der Waals surface area contributed by atoms with E-state index in [-0.39, 0.29) is 16.0 Å². The van der Waals surface area contributed by atoms with Crippen LogP contribution in [0.15, 0.2) is 10.7 Å². The number of aromatic nitrogens is 1. The lowest BCUT2D eigenvalue weighted by Crippen LogP contribution is -2.00. The molecule has 0 radical (unpaired) electrons. The highest BCUT2D eigenvalue weighted by atomic mass is 79.9. The van der Waals surface area contributed by atoms with Crippen LogP contribution in [0.5, 0.6) is 0 Å². The SMILES string of the molecule is Fc1c(CCl)ncc(Br)c1C(F)F. The van der Waals surface area contributed by atoms with E-state index in [2.05, 4.69) is 20.9 Å². The number of pyridine rings is 1. The van der Waals surface area contributed by atoms with Crippen molar-refractivity contribution in [2.45, 2.75) is 12.3 Å². The van der Waals surface area contributed by atoms with Crippen LogP contribution >= 0.6 is 27.5 Å². The van der Waals surface area contributed by atoms with Gasteiger partial charge in [0.05, 0.1) is 17.1 Å². The molecule has 0 aliphatic carbocycles. The van der Waals surface area contributed by atoms with Crippen molar-refractivity contribution in [1.82, 2.24) is 4.98 Å². The van der Waals surface area contributed by atoms with E-state index in [0.717, 1.165) is 6.20 Å². The monoisotopic (exact) mass is 273 g/mol. The van der Waals surface area contributed by atoms with Crippen LogP contribution in [-0.4, -0.2) is 4.98 Å². The molecule has 0 aliphatic heterocycles. The fourth-order valence-corrected chi connectivity index (χ4v) is 1.45. The second kappa shape index (κ2) is 4.28. The fourth-order valence-electron chi connectivity index (χ4n) is 0.814. The first-order valence-corrected chi connectivity index (χ1v) is 4.57. The molecular formula is C7H4BrClF3N. The first-order chi connectivity index (χ1) is 6.07. The highest BCUT2D eigenvalue weighted by Crippen LogP contribution is 2.30. The van der Waals surface area contributed by atoms with Gasteiger partial charge in [0.15, 0.2) is 5.82 Å². The Morgan fingerprint density at radius 3 is 2.62 bits per heavy atom. The summed E-state index contributed by atoms with van der Waals surface area (Å²) in [5.41, 5.74) is -0.856. The molecule has 1 nitrogen and oxygen atoms in total. The molecule has 0 aliphatic rings. The molecule has 0 saturated heterocycles. The van der Waals surface area contributed by atoms with Gasteiger partial charge in [-0.15, -0.1) is 11.6 Å². The van der Waals surface area contributed by atoms with Crippen LogP contribution in [0.3, 0.4) is 0 Å². The van der Waals surface area contributed by atoms with Crippen molar-refractivity contribution in [2.24, 2.45) is 0 Å². The quantitative estimate of drug-likeness (QED) is 0.750. The van der Waals surface area contributed by atoms with Crippen LogP contribution < -0.4 is 0 Å². The summed E-state index contributed by atoms with van der Waals surface area (Å²) in [6.45, 7) is 0. The summed E-state index contributed by atoms with van der Waals surface area (Å²) in [5, 5.41) is 0. The molecule has 72 valence electrons. The van der Waals surface area contributed by atoms with E-state index in [1.54, 1.807) is 0 Å². The number of halogens is 5. The predicted octanol–water partition coefficient (Wildman–Crippen LogP) is 3.66. The van der Waals surface area contributed by atoms with Gasteiger partial charge < -0.3 is 0 Å². The topological polar surface area (TPSA) is 12.9 Å². The summed E-state index contributed by atoms with van der Waals surface area (Å²) in [6, 6.07) is 0. The number of nitrogens with zero attached hydrogens (tertiary/aromatic N) is 1. The van der Waals surface area contributed by atoms with Gasteiger partial charge in [-0.05, 0) is 15.9 Å². The lowest BCUT2D eigenvalue weighted by atomic mass is 10.2. The van der Waals surface area contributed by atoms with Gasteiger partial charge in [-0.1, -0.05) is 0 Å². The molecule has 6 heteroatoms. The average Bonchev–Trinajstić information content (AvgIpc) is 2.04. The molecule has 1 rings (SSSR count). The summed E-state index contributed by atoms with van der Waals surface area (Å²) in [7, 11) is 0. The van der Waals surface area contributed by atoms with E-state index >= 15 is 0 Å². The summed E-state index contributed by atoms with van der Waals surface area (Å²) in [6.07, 6.45) is -1.76. The molecule has 13 heavy (non-hydrogen) atoms. The molecule has 0 saturated carbocycles. The van der Waals surface area contributed by atoms with E-state index in [1.165, 1.54) is 0 Å². The lowest BCUT2D eigenvalue weighted by molar-refractivity contribution is 0.145. The molecule has 0 spiro atoms. The largest absolute Gasteiger partial charge is 0.267 e. The summed E-state index contributed by atoms with van der Waals surface area (Å²) < 4.78 is 37.6. The third-order valence-corrected chi connectivity index (χ3v) is 2.31. The van der Waals surface area contributed by atoms with E-state index < -0.39 is 17.8 Å². The van der Waals surface area contributed by atoms with E-state index in [4.69, 9.17) is 11.6 Å². The molecule has 0 atom stereocenters. The molecule has 0 bridgehead atoms. The van der Waals surface area contributed by atoms with Gasteiger partial charge in [-0.2, -0.15) is 0 Å². The molecule has 0 fully saturated rings. The maximum absolute atomic E-state index is 13.1. The van der Waals surface area contributed by atoms with Crippen LogP contribution in [0.2, 0.25) is 0 Å². The Balaban J connectivity index is 3.30. The Hall–Kier alpha value is -0.290. The first kappa shape index (κ1) is 10.8. The third kappa shape index (κ3) is 2.14. The zero-order valence-electron chi connectivity index (χ0n) is 6.20. The second-order valence-corrected chi connectivity index (χ2v) is 3.34. The van der Waals surface area contributed by atoms with Gasteiger partial charge in [0.2, 0.25) is 0 Å². The van der Waals surface area contributed by atoms with Gasteiger partial charge in [-0.25, -0.2) is 13.2 Å². The highest BCUT2D eigenvalue weighted by molar-refractivity contribution is 9.10. The van der Waals surface area contributed by atoms with Gasteiger partial charge in [0, 0.05) is 10.7 Å². The van der Waals surface area contributed by atoms with Crippen molar-refractivity contribution in [3.8, 4) is 0 Å². The maximum atomic E-state index is 13.1. The predicted molar refractivity (Wildman–Crippen MR) is 46.4 cm³/mol. The number of rotatable bonds is 2. The fraction of sp³-hybridized carbons (Fsp3) is 0.286. The minimum atomic E-state index is -2.88. The Morgan fingerprint density at radius 1 is 1.54 bits per heavy atom. The minimum absolute atomic E-state index is 0.0473. The standard InChI is InChI=1S/C7H4BrClF3N/c8-3-2-13-4(1-9)6(10)5(3)7(11)12/h2,7H,1H2. The normalized spacial score (nSPS) is 10.9. The van der Waals surface area contributed by atoms with Crippen LogP contribution in [-0.2, 0) is 5.88 Å². The van der Waals surface area contributed by atoms with E-state index in [0.29, 0.717) is 0 Å². The van der Waals surface area contributed by atoms with Crippen molar-refractivity contribution >= 4 is 27.5 Å². The van der Waals surface area contributed by atoms with Crippen molar-refractivity contribution in [2.75, 3.05) is 0 Å². The van der Waals surface area contributed by atoms with Crippen LogP contribution in [0.25, 0.3) is 0 Å². The highest BCUT2D eigenvalue weighted by Gasteiger charge is 2.20. The van der Waals surface area contributed by atoms with Gasteiger partial charge in [0.1, 0.15) is 0 Å². The molecule has 0 aromatic carbocycles. The molecule has 0 unspecified atom stereocenters. The average molecular weight is 274 g/mol. The van der Waals surface area contributed by atoms with Crippen LogP contribution in [0, 0.1) is 5.82 Å². The Morgan fingerprint density at radius 2 is 2.15 bits per heavy atom. The van der Waals surface area contributed by atoms with Crippen molar-refractivity contribution in [3.05, 3.63) is 27.7 Å². The van der Waals surface area contributed by atoms with Crippen LogP contribution in [0.1, 0.15) is 17.7 Å². The molecular weight excluding hydrogens is 270 g/mol. The molecule has 0 amide bonds. The zero-order chi connectivity index (χ0) is 10.0. The number of hydrogen-bond donors (Lipinski definition) is 0. The molecule has 1 aromatic heterocycles. The summed E-state index contributed by atoms with van der Waals surface area (Å²) in [5.74, 6) is -1.27. The van der Waals surface area contributed by atoms with E-state index in [9.17, 15) is 13.2 Å².